The third-order valence-electron chi connectivity index (χ3n) is 5.04. The van der Waals surface area contributed by atoms with Crippen LogP contribution in [0.5, 0.6) is 5.75 Å². The first kappa shape index (κ1) is 21.2. The molecule has 0 aliphatic heterocycles. The fourth-order valence-electron chi connectivity index (χ4n) is 3.48. The Morgan fingerprint density at radius 1 is 0.906 bits per heavy atom. The smallest absolute Gasteiger partial charge is 0.338 e. The SMILES string of the molecule is Cc1ccc(-c2cc(F)ccc2OCc2ccc(F)cc2)n1-c1ccc(F)c(C(=O)O)c1. The number of halogens is 3. The number of carbonyl (C=O) groups is 1. The van der Waals surface area contributed by atoms with Crippen molar-refractivity contribution in [3.8, 4) is 22.7 Å². The van der Waals surface area contributed by atoms with Crippen LogP contribution in [-0.4, -0.2) is 15.6 Å². The number of carboxylic acids is 1. The molecule has 3 aromatic carbocycles. The summed E-state index contributed by atoms with van der Waals surface area (Å²) in [5.74, 6) is -2.68. The molecule has 0 amide bonds. The van der Waals surface area contributed by atoms with E-state index in [2.05, 4.69) is 0 Å². The number of benzene rings is 3. The van der Waals surface area contributed by atoms with Crippen molar-refractivity contribution < 1.29 is 27.8 Å². The number of ether oxygens (including phenoxy) is 1. The molecule has 0 fully saturated rings. The summed E-state index contributed by atoms with van der Waals surface area (Å²) in [5.41, 5.74) is 2.39. The zero-order chi connectivity index (χ0) is 22.8. The third kappa shape index (κ3) is 4.23. The van der Waals surface area contributed by atoms with Gasteiger partial charge in [-0.25, -0.2) is 18.0 Å². The van der Waals surface area contributed by atoms with Crippen molar-refractivity contribution in [3.63, 3.8) is 0 Å². The lowest BCUT2D eigenvalue weighted by molar-refractivity contribution is 0.0692. The van der Waals surface area contributed by atoms with Crippen LogP contribution >= 0.6 is 0 Å². The lowest BCUT2D eigenvalue weighted by Crippen LogP contribution is -2.06. The van der Waals surface area contributed by atoms with Gasteiger partial charge >= 0.3 is 5.97 Å². The molecular weight excluding hydrogens is 419 g/mol. The number of aromatic carboxylic acids is 1. The van der Waals surface area contributed by atoms with E-state index in [1.807, 2.05) is 0 Å². The number of aromatic nitrogens is 1. The van der Waals surface area contributed by atoms with E-state index in [4.69, 9.17) is 4.74 Å². The Hall–Kier alpha value is -4.00. The fourth-order valence-corrected chi connectivity index (χ4v) is 3.48. The predicted octanol–water partition coefficient (Wildman–Crippen LogP) is 6.15. The van der Waals surface area contributed by atoms with Gasteiger partial charge in [-0.1, -0.05) is 12.1 Å². The van der Waals surface area contributed by atoms with Crippen molar-refractivity contribution in [2.75, 3.05) is 0 Å². The first-order chi connectivity index (χ1) is 15.3. The molecule has 162 valence electrons. The van der Waals surface area contributed by atoms with Crippen LogP contribution in [0.4, 0.5) is 13.2 Å². The quantitative estimate of drug-likeness (QED) is 0.394. The standard InChI is InChI=1S/C25H18F3NO3/c1-15-2-10-23(29(15)19-8-9-22(28)20(13-19)25(30)31)21-12-18(27)7-11-24(21)32-14-16-3-5-17(26)6-4-16/h2-13H,14H2,1H3,(H,30,31). The molecule has 4 nitrogen and oxygen atoms in total. The van der Waals surface area contributed by atoms with E-state index in [1.165, 1.54) is 42.5 Å². The van der Waals surface area contributed by atoms with Crippen LogP contribution in [0.1, 0.15) is 21.6 Å². The molecule has 1 aromatic heterocycles. The summed E-state index contributed by atoms with van der Waals surface area (Å²) in [6.07, 6.45) is 0. The molecule has 4 aromatic rings. The zero-order valence-corrected chi connectivity index (χ0v) is 17.0. The van der Waals surface area contributed by atoms with Crippen LogP contribution in [0.25, 0.3) is 16.9 Å². The summed E-state index contributed by atoms with van der Waals surface area (Å²) in [6.45, 7) is 1.93. The summed E-state index contributed by atoms with van der Waals surface area (Å²) in [5, 5.41) is 9.28. The lowest BCUT2D eigenvalue weighted by atomic mass is 10.1. The first-order valence-corrected chi connectivity index (χ1v) is 9.72. The third-order valence-corrected chi connectivity index (χ3v) is 5.04. The molecule has 0 unspecified atom stereocenters. The van der Waals surface area contributed by atoms with E-state index in [9.17, 15) is 23.1 Å². The van der Waals surface area contributed by atoms with Gasteiger partial charge in [-0.05, 0) is 73.2 Å². The van der Waals surface area contributed by atoms with Crippen molar-refractivity contribution in [2.45, 2.75) is 13.5 Å². The number of aryl methyl sites for hydroxylation is 1. The summed E-state index contributed by atoms with van der Waals surface area (Å²) in [4.78, 5) is 11.4. The average Bonchev–Trinajstić information content (AvgIpc) is 3.15. The van der Waals surface area contributed by atoms with Gasteiger partial charge < -0.3 is 14.4 Å². The minimum atomic E-state index is -1.38. The average molecular weight is 437 g/mol. The van der Waals surface area contributed by atoms with Crippen LogP contribution in [0, 0.1) is 24.4 Å². The number of rotatable bonds is 6. The molecule has 0 radical (unpaired) electrons. The van der Waals surface area contributed by atoms with Gasteiger partial charge in [-0.2, -0.15) is 0 Å². The molecule has 0 aliphatic rings. The second-order valence-electron chi connectivity index (χ2n) is 7.22. The van der Waals surface area contributed by atoms with E-state index in [0.29, 0.717) is 22.7 Å². The highest BCUT2D eigenvalue weighted by Crippen LogP contribution is 2.35. The predicted molar refractivity (Wildman–Crippen MR) is 114 cm³/mol. The van der Waals surface area contributed by atoms with Crippen molar-refractivity contribution >= 4 is 5.97 Å². The summed E-state index contributed by atoms with van der Waals surface area (Å²) in [7, 11) is 0. The van der Waals surface area contributed by atoms with E-state index in [-0.39, 0.29) is 12.4 Å². The second kappa shape index (κ2) is 8.63. The Bertz CT molecular complexity index is 1300. The highest BCUT2D eigenvalue weighted by atomic mass is 19.1. The Morgan fingerprint density at radius 2 is 1.62 bits per heavy atom. The van der Waals surface area contributed by atoms with Crippen molar-refractivity contribution in [2.24, 2.45) is 0 Å². The lowest BCUT2D eigenvalue weighted by Gasteiger charge is -2.16. The number of hydrogen-bond acceptors (Lipinski definition) is 2. The number of hydrogen-bond donors (Lipinski definition) is 1. The van der Waals surface area contributed by atoms with Gasteiger partial charge in [0.05, 0.1) is 11.3 Å². The summed E-state index contributed by atoms with van der Waals surface area (Å²) < 4.78 is 48.8. The minimum absolute atomic E-state index is 0.137. The van der Waals surface area contributed by atoms with Gasteiger partial charge in [0.2, 0.25) is 0 Å². The number of carboxylic acid groups (broad SMARTS) is 1. The minimum Gasteiger partial charge on any atom is -0.488 e. The summed E-state index contributed by atoms with van der Waals surface area (Å²) in [6, 6.07) is 17.2. The van der Waals surface area contributed by atoms with Crippen LogP contribution in [0.2, 0.25) is 0 Å². The maximum absolute atomic E-state index is 14.2. The maximum atomic E-state index is 14.2. The van der Waals surface area contributed by atoms with Crippen LogP contribution in [0.15, 0.2) is 72.8 Å². The van der Waals surface area contributed by atoms with E-state index in [0.717, 1.165) is 17.3 Å². The van der Waals surface area contributed by atoms with Crippen LogP contribution in [-0.2, 0) is 6.61 Å². The van der Waals surface area contributed by atoms with Crippen LogP contribution in [0.3, 0.4) is 0 Å². The molecule has 4 rings (SSSR count). The molecule has 0 saturated carbocycles. The van der Waals surface area contributed by atoms with Gasteiger partial charge in [-0.3, -0.25) is 0 Å². The highest BCUT2D eigenvalue weighted by Gasteiger charge is 2.18. The molecular formula is C25H18F3NO3. The summed E-state index contributed by atoms with van der Waals surface area (Å²) >= 11 is 0. The Morgan fingerprint density at radius 3 is 2.34 bits per heavy atom. The van der Waals surface area contributed by atoms with Crippen molar-refractivity contribution in [3.05, 3.63) is 107 Å². The van der Waals surface area contributed by atoms with Gasteiger partial charge in [0.1, 0.15) is 29.8 Å². The Balaban J connectivity index is 1.77. The van der Waals surface area contributed by atoms with Crippen molar-refractivity contribution in [1.82, 2.24) is 4.57 Å². The molecule has 1 N–H and O–H groups in total. The van der Waals surface area contributed by atoms with Crippen LogP contribution < -0.4 is 4.74 Å². The molecule has 1 heterocycles. The molecule has 0 saturated heterocycles. The van der Waals surface area contributed by atoms with Gasteiger partial charge in [0.25, 0.3) is 0 Å². The topological polar surface area (TPSA) is 51.5 Å². The largest absolute Gasteiger partial charge is 0.488 e. The maximum Gasteiger partial charge on any atom is 0.338 e. The van der Waals surface area contributed by atoms with Gasteiger partial charge in [-0.15, -0.1) is 0 Å². The van der Waals surface area contributed by atoms with E-state index >= 15 is 0 Å². The molecule has 32 heavy (non-hydrogen) atoms. The molecule has 7 heteroatoms. The fraction of sp³-hybridized carbons (Fsp3) is 0.0800. The first-order valence-electron chi connectivity index (χ1n) is 9.72. The molecule has 0 atom stereocenters. The number of nitrogens with zero attached hydrogens (tertiary/aromatic N) is 1. The molecule has 0 aliphatic carbocycles. The molecule has 0 bridgehead atoms. The second-order valence-corrected chi connectivity index (χ2v) is 7.22. The normalized spacial score (nSPS) is 10.9. The van der Waals surface area contributed by atoms with Crippen molar-refractivity contribution in [1.29, 1.82) is 0 Å². The van der Waals surface area contributed by atoms with Gasteiger partial charge in [0, 0.05) is 16.9 Å². The van der Waals surface area contributed by atoms with Gasteiger partial charge in [0.15, 0.2) is 0 Å². The molecule has 0 spiro atoms. The highest BCUT2D eigenvalue weighted by molar-refractivity contribution is 5.88. The van der Waals surface area contributed by atoms with E-state index in [1.54, 1.807) is 35.8 Å². The zero-order valence-electron chi connectivity index (χ0n) is 17.0. The monoisotopic (exact) mass is 437 g/mol. The van der Waals surface area contributed by atoms with E-state index < -0.39 is 23.2 Å². The Labute approximate surface area is 182 Å². The Kier molecular flexibility index (Phi) is 5.73.